The van der Waals surface area contributed by atoms with Crippen LogP contribution in [0.4, 0.5) is 5.69 Å². The molecule has 6 rings (SSSR count). The summed E-state index contributed by atoms with van der Waals surface area (Å²) in [5.41, 5.74) is 9.96. The average Bonchev–Trinajstić information content (AvgIpc) is 3.45. The number of amides is 1. The Morgan fingerprint density at radius 3 is 2.28 bits per heavy atom. The number of para-hydroxylation sites is 1. The maximum atomic E-state index is 14.1. The molecule has 1 atom stereocenters. The number of H-pyrrole nitrogens is 1. The lowest BCUT2D eigenvalue weighted by atomic mass is 9.82. The van der Waals surface area contributed by atoms with Crippen molar-refractivity contribution in [1.82, 2.24) is 10.3 Å². The summed E-state index contributed by atoms with van der Waals surface area (Å²) in [6.07, 6.45) is 4.17. The number of aliphatic hydroxyl groups is 1. The van der Waals surface area contributed by atoms with E-state index in [2.05, 4.69) is 51.6 Å². The lowest BCUT2D eigenvalue weighted by molar-refractivity contribution is 0.0917. The summed E-state index contributed by atoms with van der Waals surface area (Å²) in [4.78, 5) is 19.5. The number of anilines is 1. The van der Waals surface area contributed by atoms with Gasteiger partial charge in [0, 0.05) is 42.4 Å². The number of aliphatic hydroxyl groups excluding tert-OH is 1. The van der Waals surface area contributed by atoms with Crippen LogP contribution in [-0.4, -0.2) is 57.0 Å². The number of aromatic amines is 1. The minimum absolute atomic E-state index is 0.178. The fraction of sp³-hybridized carbons (Fsp3) is 0.250. The van der Waals surface area contributed by atoms with Gasteiger partial charge in [-0.15, -0.1) is 0 Å². The Morgan fingerprint density at radius 2 is 1.58 bits per heavy atom. The van der Waals surface area contributed by atoms with E-state index < -0.39 is 6.04 Å². The standard InChI is InChI=1S/C36H37N3O4/c1-39(2)27-13-11-22(12-14-27)29-16-23-9-10-24-17-34(42-3)35(43-4)19-31(24)30(23)18-32(29)36(41)38-26(21-40)15-25-20-37-33-8-6-5-7-28(25)33/h5-8,11-14,16-20,26,37,40H,9-10,15,21H2,1-4H3,(H,38,41)/t26-/m1/s1. The number of ether oxygens (including phenoxy) is 2. The SMILES string of the molecule is COc1cc2c(cc1OC)-c1cc(C(=O)N[C@@H](CO)Cc3c[nH]c4ccccc34)c(-c3ccc(N(C)C)cc3)cc1CC2. The van der Waals surface area contributed by atoms with Crippen molar-refractivity contribution in [2.75, 3.05) is 39.8 Å². The van der Waals surface area contributed by atoms with Gasteiger partial charge in [0.2, 0.25) is 0 Å². The molecular formula is C36H37N3O4. The normalized spacial score (nSPS) is 12.8. The Kier molecular flexibility index (Phi) is 7.82. The van der Waals surface area contributed by atoms with Gasteiger partial charge in [0.1, 0.15) is 0 Å². The molecule has 4 aromatic carbocycles. The quantitative estimate of drug-likeness (QED) is 0.200. The summed E-state index contributed by atoms with van der Waals surface area (Å²) >= 11 is 0. The number of fused-ring (bicyclic) bond motifs is 4. The van der Waals surface area contributed by atoms with Crippen molar-refractivity contribution < 1.29 is 19.4 Å². The van der Waals surface area contributed by atoms with Crippen LogP contribution < -0.4 is 19.7 Å². The molecule has 0 unspecified atom stereocenters. The number of carbonyl (C=O) groups is 1. The van der Waals surface area contributed by atoms with Gasteiger partial charge in [0.25, 0.3) is 5.91 Å². The molecule has 43 heavy (non-hydrogen) atoms. The van der Waals surface area contributed by atoms with Crippen LogP contribution >= 0.6 is 0 Å². The van der Waals surface area contributed by atoms with E-state index in [1.807, 2.05) is 56.7 Å². The van der Waals surface area contributed by atoms with Crippen LogP contribution in [0.1, 0.15) is 27.0 Å². The maximum absolute atomic E-state index is 14.1. The molecule has 220 valence electrons. The Hall–Kier alpha value is -4.75. The highest BCUT2D eigenvalue weighted by atomic mass is 16.5. The predicted molar refractivity (Wildman–Crippen MR) is 172 cm³/mol. The fourth-order valence-electron chi connectivity index (χ4n) is 6.11. The first kappa shape index (κ1) is 28.4. The third kappa shape index (κ3) is 5.44. The van der Waals surface area contributed by atoms with E-state index in [9.17, 15) is 9.90 Å². The molecule has 0 saturated heterocycles. The Bertz CT molecular complexity index is 1790. The Labute approximate surface area is 252 Å². The van der Waals surface area contributed by atoms with Gasteiger partial charge in [-0.25, -0.2) is 0 Å². The number of rotatable bonds is 9. The molecule has 1 heterocycles. The highest BCUT2D eigenvalue weighted by Crippen LogP contribution is 2.43. The second-order valence-corrected chi connectivity index (χ2v) is 11.3. The van der Waals surface area contributed by atoms with Crippen LogP contribution in [0.5, 0.6) is 11.5 Å². The molecule has 7 heteroatoms. The third-order valence-electron chi connectivity index (χ3n) is 8.44. The van der Waals surface area contributed by atoms with Crippen molar-refractivity contribution in [2.45, 2.75) is 25.3 Å². The zero-order valence-corrected chi connectivity index (χ0v) is 25.0. The summed E-state index contributed by atoms with van der Waals surface area (Å²) in [7, 11) is 7.30. The average molecular weight is 576 g/mol. The molecule has 0 radical (unpaired) electrons. The van der Waals surface area contributed by atoms with E-state index in [1.54, 1.807) is 14.2 Å². The van der Waals surface area contributed by atoms with Crippen LogP contribution in [0.2, 0.25) is 0 Å². The molecule has 5 aromatic rings. The summed E-state index contributed by atoms with van der Waals surface area (Å²) in [5.74, 6) is 1.13. The smallest absolute Gasteiger partial charge is 0.252 e. The number of hydrogen-bond donors (Lipinski definition) is 3. The van der Waals surface area contributed by atoms with E-state index >= 15 is 0 Å². The molecule has 0 spiro atoms. The van der Waals surface area contributed by atoms with Gasteiger partial charge in [-0.3, -0.25) is 4.79 Å². The van der Waals surface area contributed by atoms with Gasteiger partial charge >= 0.3 is 0 Å². The van der Waals surface area contributed by atoms with Gasteiger partial charge in [-0.2, -0.15) is 0 Å². The van der Waals surface area contributed by atoms with Gasteiger partial charge in [-0.1, -0.05) is 30.3 Å². The highest BCUT2D eigenvalue weighted by Gasteiger charge is 2.25. The highest BCUT2D eigenvalue weighted by molar-refractivity contribution is 6.03. The Balaban J connectivity index is 1.41. The summed E-state index contributed by atoms with van der Waals surface area (Å²) in [5, 5.41) is 14.6. The number of nitrogens with zero attached hydrogens (tertiary/aromatic N) is 1. The molecule has 0 bridgehead atoms. The molecule has 0 aliphatic heterocycles. The van der Waals surface area contributed by atoms with Crippen molar-refractivity contribution in [2.24, 2.45) is 0 Å². The van der Waals surface area contributed by atoms with Crippen molar-refractivity contribution >= 4 is 22.5 Å². The molecule has 0 fully saturated rings. The number of carbonyl (C=O) groups excluding carboxylic acids is 1. The first-order chi connectivity index (χ1) is 20.9. The lowest BCUT2D eigenvalue weighted by Gasteiger charge is -2.25. The van der Waals surface area contributed by atoms with Gasteiger partial charge in [0.15, 0.2) is 11.5 Å². The largest absolute Gasteiger partial charge is 0.493 e. The minimum atomic E-state index is -0.455. The zero-order chi connectivity index (χ0) is 30.1. The number of aromatic nitrogens is 1. The van der Waals surface area contributed by atoms with Crippen molar-refractivity contribution in [3.8, 4) is 33.8 Å². The van der Waals surface area contributed by atoms with E-state index in [4.69, 9.17) is 9.47 Å². The number of nitrogens with one attached hydrogen (secondary N) is 2. The van der Waals surface area contributed by atoms with Crippen molar-refractivity contribution in [1.29, 1.82) is 0 Å². The second kappa shape index (κ2) is 11.9. The molecule has 0 saturated carbocycles. The van der Waals surface area contributed by atoms with Crippen LogP contribution in [0.3, 0.4) is 0 Å². The van der Waals surface area contributed by atoms with E-state index in [0.717, 1.165) is 62.8 Å². The lowest BCUT2D eigenvalue weighted by Crippen LogP contribution is -2.39. The maximum Gasteiger partial charge on any atom is 0.252 e. The summed E-state index contributed by atoms with van der Waals surface area (Å²) in [6.45, 7) is -0.178. The first-order valence-electron chi connectivity index (χ1n) is 14.6. The third-order valence-corrected chi connectivity index (χ3v) is 8.44. The number of benzene rings is 4. The molecule has 1 amide bonds. The Morgan fingerprint density at radius 1 is 0.907 bits per heavy atom. The first-order valence-corrected chi connectivity index (χ1v) is 14.6. The molecule has 7 nitrogen and oxygen atoms in total. The van der Waals surface area contributed by atoms with Crippen LogP contribution in [0, 0.1) is 0 Å². The minimum Gasteiger partial charge on any atom is -0.493 e. The number of aryl methyl sites for hydroxylation is 2. The number of hydrogen-bond acceptors (Lipinski definition) is 5. The monoisotopic (exact) mass is 575 g/mol. The summed E-state index contributed by atoms with van der Waals surface area (Å²) in [6, 6.07) is 24.1. The summed E-state index contributed by atoms with van der Waals surface area (Å²) < 4.78 is 11.2. The van der Waals surface area contributed by atoms with E-state index in [0.29, 0.717) is 23.5 Å². The van der Waals surface area contributed by atoms with Gasteiger partial charge < -0.3 is 29.8 Å². The van der Waals surface area contributed by atoms with Crippen LogP contribution in [0.25, 0.3) is 33.2 Å². The van der Waals surface area contributed by atoms with Crippen molar-refractivity contribution in [3.63, 3.8) is 0 Å². The van der Waals surface area contributed by atoms with E-state index in [1.165, 1.54) is 5.56 Å². The second-order valence-electron chi connectivity index (χ2n) is 11.3. The predicted octanol–water partition coefficient (Wildman–Crippen LogP) is 6.02. The molecule has 3 N–H and O–H groups in total. The molecular weight excluding hydrogens is 538 g/mol. The van der Waals surface area contributed by atoms with Gasteiger partial charge in [-0.05, 0) is 101 Å². The van der Waals surface area contributed by atoms with Crippen LogP contribution in [0.15, 0.2) is 79.0 Å². The fourth-order valence-corrected chi connectivity index (χ4v) is 6.11. The molecule has 1 aromatic heterocycles. The topological polar surface area (TPSA) is 86.8 Å². The van der Waals surface area contributed by atoms with Gasteiger partial charge in [0.05, 0.1) is 26.9 Å². The van der Waals surface area contributed by atoms with E-state index in [-0.39, 0.29) is 12.5 Å². The molecule has 1 aliphatic carbocycles. The van der Waals surface area contributed by atoms with Crippen LogP contribution in [-0.2, 0) is 19.3 Å². The van der Waals surface area contributed by atoms with Crippen molar-refractivity contribution in [3.05, 3.63) is 101 Å². The number of methoxy groups -OCH3 is 2. The molecule has 1 aliphatic rings. The zero-order valence-electron chi connectivity index (χ0n) is 25.0.